The van der Waals surface area contributed by atoms with Gasteiger partial charge in [0.25, 0.3) is 0 Å². The van der Waals surface area contributed by atoms with Crippen molar-refractivity contribution in [2.45, 2.75) is 91.7 Å². The predicted molar refractivity (Wildman–Crippen MR) is 114 cm³/mol. The zero-order chi connectivity index (χ0) is 19.9. The van der Waals surface area contributed by atoms with Gasteiger partial charge < -0.3 is 15.0 Å². The second-order valence-corrected chi connectivity index (χ2v) is 11.7. The summed E-state index contributed by atoms with van der Waals surface area (Å²) in [5.74, 6) is 1.46. The van der Waals surface area contributed by atoms with Gasteiger partial charge in [-0.15, -0.1) is 0 Å². The van der Waals surface area contributed by atoms with Crippen LogP contribution < -0.4 is 5.32 Å². The van der Waals surface area contributed by atoms with Crippen LogP contribution in [0, 0.1) is 22.7 Å². The van der Waals surface area contributed by atoms with Crippen LogP contribution in [0.15, 0.2) is 18.3 Å². The summed E-state index contributed by atoms with van der Waals surface area (Å²) in [6.45, 7) is 18.8. The van der Waals surface area contributed by atoms with E-state index in [-0.39, 0.29) is 5.41 Å². The number of aromatic amines is 1. The van der Waals surface area contributed by atoms with Gasteiger partial charge >= 0.3 is 0 Å². The molecule has 2 N–H and O–H groups in total. The lowest BCUT2D eigenvalue weighted by molar-refractivity contribution is 0.0738. The molecule has 3 heteroatoms. The minimum atomic E-state index is 0.139. The highest BCUT2D eigenvalue weighted by atomic mass is 16.5. The molecule has 2 saturated heterocycles. The Hall–Kier alpha value is -0.800. The predicted octanol–water partition coefficient (Wildman–Crippen LogP) is 5.53. The van der Waals surface area contributed by atoms with Gasteiger partial charge in [0.2, 0.25) is 0 Å². The van der Waals surface area contributed by atoms with Gasteiger partial charge in [0.15, 0.2) is 0 Å². The molecule has 27 heavy (non-hydrogen) atoms. The zero-order valence-corrected chi connectivity index (χ0v) is 18.7. The molecule has 1 aromatic heterocycles. The van der Waals surface area contributed by atoms with Crippen molar-refractivity contribution in [1.29, 1.82) is 0 Å². The Bertz CT molecular complexity index is 596. The number of H-pyrrole nitrogens is 1. The molecule has 3 rings (SSSR count). The largest absolute Gasteiger partial charge is 0.378 e. The monoisotopic (exact) mass is 374 g/mol. The van der Waals surface area contributed by atoms with E-state index in [1.165, 1.54) is 31.5 Å². The molecule has 0 radical (unpaired) electrons. The van der Waals surface area contributed by atoms with Gasteiger partial charge in [0.1, 0.15) is 0 Å². The lowest BCUT2D eigenvalue weighted by atomic mass is 9.71. The zero-order valence-electron chi connectivity index (χ0n) is 18.7. The molecule has 4 unspecified atom stereocenters. The maximum absolute atomic E-state index is 6.29. The summed E-state index contributed by atoms with van der Waals surface area (Å²) in [7, 11) is 0. The van der Waals surface area contributed by atoms with Crippen LogP contribution >= 0.6 is 0 Å². The summed E-state index contributed by atoms with van der Waals surface area (Å²) in [5.41, 5.74) is 2.20. The average Bonchev–Trinajstić information content (AvgIpc) is 3.27. The molecule has 0 aromatic carbocycles. The molecule has 0 spiro atoms. The van der Waals surface area contributed by atoms with Crippen LogP contribution in [-0.2, 0) is 10.2 Å². The lowest BCUT2D eigenvalue weighted by Crippen LogP contribution is -2.33. The normalized spacial score (nSPS) is 30.2. The van der Waals surface area contributed by atoms with Crippen LogP contribution in [0.2, 0.25) is 0 Å². The Labute approximate surface area is 167 Å². The van der Waals surface area contributed by atoms with Crippen LogP contribution in [0.25, 0.3) is 0 Å². The van der Waals surface area contributed by atoms with Gasteiger partial charge in [-0.2, -0.15) is 0 Å². The van der Waals surface area contributed by atoms with E-state index in [9.17, 15) is 0 Å². The third-order valence-electron chi connectivity index (χ3n) is 7.47. The molecule has 3 heterocycles. The number of hydrogen-bond acceptors (Lipinski definition) is 2. The Balaban J connectivity index is 1.53. The topological polar surface area (TPSA) is 37.0 Å². The van der Waals surface area contributed by atoms with E-state index in [1.54, 1.807) is 0 Å². The van der Waals surface area contributed by atoms with E-state index in [4.69, 9.17) is 4.74 Å². The fraction of sp³-hybridized carbons (Fsp3) is 0.833. The summed E-state index contributed by atoms with van der Waals surface area (Å²) in [6.07, 6.45) is 7.29. The van der Waals surface area contributed by atoms with E-state index in [1.807, 2.05) is 6.20 Å². The number of nitrogens with one attached hydrogen (secondary N) is 2. The fourth-order valence-electron chi connectivity index (χ4n) is 5.26. The summed E-state index contributed by atoms with van der Waals surface area (Å²) >= 11 is 0. The molecule has 154 valence electrons. The maximum Gasteiger partial charge on any atom is 0.0587 e. The molecule has 0 saturated carbocycles. The van der Waals surface area contributed by atoms with Gasteiger partial charge in [-0.3, -0.25) is 0 Å². The van der Waals surface area contributed by atoms with Gasteiger partial charge in [-0.25, -0.2) is 0 Å². The third-order valence-corrected chi connectivity index (χ3v) is 7.47. The van der Waals surface area contributed by atoms with E-state index in [0.29, 0.717) is 28.9 Å². The third kappa shape index (κ3) is 4.98. The van der Waals surface area contributed by atoms with Crippen molar-refractivity contribution in [3.63, 3.8) is 0 Å². The molecule has 2 aliphatic rings. The Morgan fingerprint density at radius 2 is 1.74 bits per heavy atom. The van der Waals surface area contributed by atoms with E-state index in [0.717, 1.165) is 18.9 Å². The highest BCUT2D eigenvalue weighted by molar-refractivity contribution is 5.15. The van der Waals surface area contributed by atoms with Crippen molar-refractivity contribution in [1.82, 2.24) is 10.3 Å². The SMILES string of the molecule is CC(C)(CC1CC(C(C)(C)CC2CC(C(C)(C)C)CN2)CO1)c1ccc[nH]1. The highest BCUT2D eigenvalue weighted by Gasteiger charge is 2.42. The van der Waals surface area contributed by atoms with Crippen LogP contribution in [0.3, 0.4) is 0 Å². The average molecular weight is 375 g/mol. The minimum absolute atomic E-state index is 0.139. The van der Waals surface area contributed by atoms with E-state index >= 15 is 0 Å². The first-order valence-electron chi connectivity index (χ1n) is 11.0. The Morgan fingerprint density at radius 1 is 1.00 bits per heavy atom. The summed E-state index contributed by atoms with van der Waals surface area (Å²) < 4.78 is 6.29. The molecule has 2 fully saturated rings. The molecule has 1 aromatic rings. The second-order valence-electron chi connectivity index (χ2n) is 11.7. The molecule has 0 amide bonds. The minimum Gasteiger partial charge on any atom is -0.378 e. The first-order valence-corrected chi connectivity index (χ1v) is 11.0. The Kier molecular flexibility index (Phi) is 5.85. The van der Waals surface area contributed by atoms with Crippen LogP contribution in [0.5, 0.6) is 0 Å². The number of rotatable bonds is 6. The van der Waals surface area contributed by atoms with Gasteiger partial charge in [0.05, 0.1) is 12.7 Å². The second kappa shape index (κ2) is 7.55. The van der Waals surface area contributed by atoms with Crippen LogP contribution in [0.4, 0.5) is 0 Å². The van der Waals surface area contributed by atoms with Crippen LogP contribution in [-0.4, -0.2) is 30.3 Å². The Morgan fingerprint density at radius 3 is 2.33 bits per heavy atom. The molecular formula is C24H42N2O. The number of ether oxygens (including phenoxy) is 1. The van der Waals surface area contributed by atoms with Crippen molar-refractivity contribution in [2.75, 3.05) is 13.2 Å². The van der Waals surface area contributed by atoms with Crippen LogP contribution in [0.1, 0.15) is 79.8 Å². The fourth-order valence-corrected chi connectivity index (χ4v) is 5.26. The maximum atomic E-state index is 6.29. The first kappa shape index (κ1) is 20.9. The van der Waals surface area contributed by atoms with Crippen molar-refractivity contribution in [3.05, 3.63) is 24.0 Å². The molecule has 3 nitrogen and oxygen atoms in total. The first-order chi connectivity index (χ1) is 12.5. The van der Waals surface area contributed by atoms with Gasteiger partial charge in [0, 0.05) is 23.3 Å². The standard InChI is InChI=1S/C24H42N2O/c1-22(2,3)17-11-19(26-15-17)13-23(4,5)18-12-20(27-16-18)14-24(6,7)21-9-8-10-25-21/h8-10,17-20,25-26H,11-16H2,1-7H3. The number of aromatic nitrogens is 1. The van der Waals surface area contributed by atoms with Gasteiger partial charge in [-0.1, -0.05) is 48.5 Å². The summed E-state index contributed by atoms with van der Waals surface area (Å²) in [4.78, 5) is 3.39. The van der Waals surface area contributed by atoms with E-state index in [2.05, 4.69) is 70.9 Å². The lowest BCUT2D eigenvalue weighted by Gasteiger charge is -2.34. The smallest absolute Gasteiger partial charge is 0.0587 e. The molecule has 0 aliphatic carbocycles. The van der Waals surface area contributed by atoms with Crippen molar-refractivity contribution in [2.24, 2.45) is 22.7 Å². The van der Waals surface area contributed by atoms with Gasteiger partial charge in [-0.05, 0) is 67.0 Å². The molecule has 2 aliphatic heterocycles. The molecule has 4 atom stereocenters. The quantitative estimate of drug-likeness (QED) is 0.687. The van der Waals surface area contributed by atoms with Crippen molar-refractivity contribution >= 4 is 0 Å². The summed E-state index contributed by atoms with van der Waals surface area (Å²) in [5, 5.41) is 3.82. The molecule has 0 bridgehead atoms. The number of hydrogen-bond donors (Lipinski definition) is 2. The van der Waals surface area contributed by atoms with E-state index < -0.39 is 0 Å². The van der Waals surface area contributed by atoms with Crippen molar-refractivity contribution in [3.8, 4) is 0 Å². The van der Waals surface area contributed by atoms with Crippen molar-refractivity contribution < 1.29 is 4.74 Å². The molecular weight excluding hydrogens is 332 g/mol. The summed E-state index contributed by atoms with van der Waals surface area (Å²) in [6, 6.07) is 4.96. The highest BCUT2D eigenvalue weighted by Crippen LogP contribution is 2.44.